The zero-order valence-electron chi connectivity index (χ0n) is 17.0. The molecule has 0 amide bonds. The van der Waals surface area contributed by atoms with Gasteiger partial charge in [-0.15, -0.1) is 0 Å². The molecule has 0 aromatic heterocycles. The molecule has 5 nitrogen and oxygen atoms in total. The summed E-state index contributed by atoms with van der Waals surface area (Å²) in [6, 6.07) is 2.83. The summed E-state index contributed by atoms with van der Waals surface area (Å²) in [5.74, 6) is -1.96. The van der Waals surface area contributed by atoms with E-state index in [0.29, 0.717) is 6.42 Å². The van der Waals surface area contributed by atoms with Gasteiger partial charge in [-0.25, -0.2) is 0 Å². The van der Waals surface area contributed by atoms with Gasteiger partial charge in [0, 0.05) is 6.21 Å². The average molecular weight is 482 g/mol. The number of hydrogen-bond acceptors (Lipinski definition) is 5. The van der Waals surface area contributed by atoms with Crippen LogP contribution in [0.5, 0.6) is 11.5 Å². The van der Waals surface area contributed by atoms with Gasteiger partial charge in [0.25, 0.3) is 0 Å². The van der Waals surface area contributed by atoms with Crippen molar-refractivity contribution in [3.8, 4) is 11.5 Å². The number of rotatable bonds is 11. The molecule has 0 fully saturated rings. The number of carboxylic acid groups (broad SMARTS) is 1. The van der Waals surface area contributed by atoms with Crippen molar-refractivity contribution in [2.75, 3.05) is 0 Å². The van der Waals surface area contributed by atoms with Gasteiger partial charge < -0.3 is 20.1 Å². The van der Waals surface area contributed by atoms with Crippen LogP contribution in [-0.2, 0) is 4.79 Å². The third kappa shape index (κ3) is 12.0. The summed E-state index contributed by atoms with van der Waals surface area (Å²) >= 11 is 0.149. The third-order valence-electron chi connectivity index (χ3n) is 4.21. The van der Waals surface area contributed by atoms with Crippen LogP contribution < -0.4 is 10.2 Å². The summed E-state index contributed by atoms with van der Waals surface area (Å²) in [7, 11) is 0. The molecule has 0 spiro atoms. The van der Waals surface area contributed by atoms with Crippen LogP contribution in [0.3, 0.4) is 0 Å². The van der Waals surface area contributed by atoms with Crippen molar-refractivity contribution in [1.82, 2.24) is 0 Å². The summed E-state index contributed by atoms with van der Waals surface area (Å²) in [6.07, 6.45) is 7.70. The maximum Gasteiger partial charge on any atom is 0.115 e. The number of benzene rings is 1. The Morgan fingerprint density at radius 2 is 1.81 bits per heavy atom. The molecule has 1 rings (SSSR count). The number of carbonyl (C=O) groups excluding carboxylic acids is 1. The third-order valence-corrected chi connectivity index (χ3v) is 8.25. The maximum atomic E-state index is 11.4. The summed E-state index contributed by atoms with van der Waals surface area (Å²) in [5, 5.41) is 31.4. The van der Waals surface area contributed by atoms with E-state index < -0.39 is 17.8 Å². The molecular formula is C21H33NO4Sn. The molecule has 0 heterocycles. The first-order valence-corrected chi connectivity index (χ1v) is 13.9. The second-order valence-corrected chi connectivity index (χ2v) is 10.9. The largest absolute Gasteiger partial charge is 0.872 e. The second-order valence-electron chi connectivity index (χ2n) is 6.61. The zero-order valence-corrected chi connectivity index (χ0v) is 19.9. The number of nitrogens with zero attached hydrogens (tertiary/aromatic N) is 1. The minimum absolute atomic E-state index is 0.129. The molecule has 0 aliphatic heterocycles. The van der Waals surface area contributed by atoms with Crippen LogP contribution in [0.4, 0.5) is 0 Å². The Balaban J connectivity index is 0.000000636. The summed E-state index contributed by atoms with van der Waals surface area (Å²) in [4.78, 5) is 14.8. The molecule has 1 aromatic rings. The average Bonchev–Trinajstić information content (AvgIpc) is 2.63. The molecule has 0 saturated heterocycles. The Morgan fingerprint density at radius 1 is 1.22 bits per heavy atom. The number of phenols is 1. The van der Waals surface area contributed by atoms with Crippen molar-refractivity contribution in [2.24, 2.45) is 10.9 Å². The second kappa shape index (κ2) is 15.8. The number of aromatic hydroxyl groups is 1. The van der Waals surface area contributed by atoms with E-state index in [0.717, 1.165) is 6.07 Å². The molecule has 27 heavy (non-hydrogen) atoms. The molecule has 0 saturated carbocycles. The van der Waals surface area contributed by atoms with E-state index in [1.165, 1.54) is 44.0 Å². The Morgan fingerprint density at radius 3 is 2.26 bits per heavy atom. The maximum absolute atomic E-state index is 11.4. The van der Waals surface area contributed by atoms with Crippen molar-refractivity contribution < 1.29 is 20.1 Å². The zero-order chi connectivity index (χ0) is 20.7. The Hall–Kier alpha value is -1.24. The van der Waals surface area contributed by atoms with Gasteiger partial charge in [-0.3, -0.25) is 4.99 Å². The van der Waals surface area contributed by atoms with Crippen molar-refractivity contribution in [2.45, 2.75) is 74.7 Å². The van der Waals surface area contributed by atoms with Gasteiger partial charge in [0.1, 0.15) is 5.75 Å². The van der Waals surface area contributed by atoms with Crippen molar-refractivity contribution >= 4 is 33.3 Å². The Labute approximate surface area is 174 Å². The van der Waals surface area contributed by atoms with Crippen molar-refractivity contribution in [3.63, 3.8) is 0 Å². The Kier molecular flexibility index (Phi) is 15.1. The fourth-order valence-corrected chi connectivity index (χ4v) is 6.34. The molecule has 6 heteroatoms. The molecule has 0 aliphatic rings. The first-order valence-electron chi connectivity index (χ1n) is 9.82. The van der Waals surface area contributed by atoms with E-state index >= 15 is 0 Å². The van der Waals surface area contributed by atoms with Gasteiger partial charge in [0.05, 0.1) is 12.0 Å². The number of aliphatic imine (C=N–C) groups is 1. The fraction of sp³-hybridized carbons (Fsp3) is 0.619. The summed E-state index contributed by atoms with van der Waals surface area (Å²) in [5.41, 5.74) is 0.238. The van der Waals surface area contributed by atoms with E-state index in [1.54, 1.807) is 15.8 Å². The molecule has 1 N–H and O–H groups in total. The SMILES string of the molecule is CCC[CH2][Sn+2][CH2]CCC.CC[C@H](C)[C@H](N=Cc1ccc(O)cc1[O-])C(=O)[O-]. The van der Waals surface area contributed by atoms with Crippen LogP contribution in [0, 0.1) is 5.92 Å². The van der Waals surface area contributed by atoms with Crippen LogP contribution >= 0.6 is 0 Å². The monoisotopic (exact) mass is 483 g/mol. The van der Waals surface area contributed by atoms with E-state index in [1.807, 2.05) is 6.92 Å². The standard InChI is InChI=1S/C13H17NO4.2C4H9.Sn/c1-3-8(2)12(13(17)18)14-7-9-4-5-10(15)6-11(9)16;2*1-3-4-2;/h4-8,12,15-16H,3H2,1-2H3,(H,17,18);2*1,3-4H2,2H3;/q;;;+2/p-2/t8-,12-;;;/m0.../s1. The quantitative estimate of drug-likeness (QED) is 0.298. The first-order chi connectivity index (χ1) is 12.9. The van der Waals surface area contributed by atoms with Gasteiger partial charge in [0.2, 0.25) is 0 Å². The molecule has 0 aliphatic carbocycles. The van der Waals surface area contributed by atoms with Crippen LogP contribution in [0.2, 0.25) is 8.87 Å². The number of unbranched alkanes of at least 4 members (excludes halogenated alkanes) is 2. The minimum atomic E-state index is -1.26. The first kappa shape index (κ1) is 25.8. The van der Waals surface area contributed by atoms with Gasteiger partial charge >= 0.3 is 69.5 Å². The van der Waals surface area contributed by atoms with E-state index in [9.17, 15) is 15.0 Å². The molecule has 0 radical (unpaired) electrons. The van der Waals surface area contributed by atoms with Gasteiger partial charge in [-0.05, 0) is 23.6 Å². The summed E-state index contributed by atoms with van der Waals surface area (Å²) in [6.45, 7) is 8.20. The number of carboxylic acids is 1. The van der Waals surface area contributed by atoms with Crippen LogP contribution in [0.25, 0.3) is 0 Å². The Bertz CT molecular complexity index is 557. The minimum Gasteiger partial charge on any atom is -0.872 e. The predicted octanol–water partition coefficient (Wildman–Crippen LogP) is 3.18. The van der Waals surface area contributed by atoms with Crippen molar-refractivity contribution in [3.05, 3.63) is 23.8 Å². The smallest absolute Gasteiger partial charge is 0.115 e. The number of aliphatic carboxylic acids is 1. The number of carbonyl (C=O) groups is 1. The molecule has 0 unspecified atom stereocenters. The summed E-state index contributed by atoms with van der Waals surface area (Å²) < 4.78 is 3.25. The van der Waals surface area contributed by atoms with Crippen LogP contribution in [0.15, 0.2) is 23.2 Å². The normalized spacial score (nSPS) is 12.7. The molecular weight excluding hydrogens is 449 g/mol. The molecule has 150 valence electrons. The van der Waals surface area contributed by atoms with E-state index in [4.69, 9.17) is 5.11 Å². The predicted molar refractivity (Wildman–Crippen MR) is 109 cm³/mol. The van der Waals surface area contributed by atoms with Crippen LogP contribution in [0.1, 0.15) is 65.4 Å². The van der Waals surface area contributed by atoms with E-state index in [2.05, 4.69) is 18.8 Å². The topological polar surface area (TPSA) is 95.8 Å². The van der Waals surface area contributed by atoms with E-state index in [-0.39, 0.29) is 38.4 Å². The van der Waals surface area contributed by atoms with Crippen molar-refractivity contribution in [1.29, 1.82) is 0 Å². The van der Waals surface area contributed by atoms with Gasteiger partial charge in [-0.2, -0.15) is 0 Å². The molecule has 1 aromatic carbocycles. The van der Waals surface area contributed by atoms with Gasteiger partial charge in [0.15, 0.2) is 0 Å². The molecule has 2 atom stereocenters. The van der Waals surface area contributed by atoms with Gasteiger partial charge in [-0.1, -0.05) is 32.1 Å². The number of phenolic OH excluding ortho intramolecular Hbond substituents is 1. The molecule has 0 bridgehead atoms. The van der Waals surface area contributed by atoms with Crippen LogP contribution in [-0.4, -0.2) is 44.5 Å². The number of hydrogen-bond donors (Lipinski definition) is 1. The fourth-order valence-electron chi connectivity index (χ4n) is 2.18.